The Hall–Kier alpha value is -2.69. The van der Waals surface area contributed by atoms with E-state index in [1.807, 2.05) is 59.4 Å². The summed E-state index contributed by atoms with van der Waals surface area (Å²) in [5.41, 5.74) is 1.88. The molecule has 0 aliphatic carbocycles. The molecule has 0 aliphatic heterocycles. The smallest absolute Gasteiger partial charge is 0.155 e. The Labute approximate surface area is 103 Å². The molecular formula is C13H11N5. The van der Waals surface area contributed by atoms with Crippen LogP contribution in [0.25, 0.3) is 11.3 Å². The highest BCUT2D eigenvalue weighted by atomic mass is 15.3. The van der Waals surface area contributed by atoms with Crippen LogP contribution in [0, 0.1) is 0 Å². The summed E-state index contributed by atoms with van der Waals surface area (Å²) in [6.07, 6.45) is 9.09. The van der Waals surface area contributed by atoms with E-state index in [4.69, 9.17) is 0 Å². The molecule has 4 aromatic rings. The quantitative estimate of drug-likeness (QED) is 0.470. The largest absolute Gasteiger partial charge is 0.307 e. The maximum atomic E-state index is 4.08. The number of aromatic nitrogens is 5. The van der Waals surface area contributed by atoms with Gasteiger partial charge in [0.2, 0.25) is 0 Å². The summed E-state index contributed by atoms with van der Waals surface area (Å²) >= 11 is 0. The molecule has 5 heteroatoms. The van der Waals surface area contributed by atoms with Crippen molar-refractivity contribution >= 4 is 11.3 Å². The Balaban J connectivity index is 0.000000111. The van der Waals surface area contributed by atoms with Crippen LogP contribution in [0.5, 0.6) is 0 Å². The molecule has 0 saturated carbocycles. The zero-order valence-electron chi connectivity index (χ0n) is 9.59. The van der Waals surface area contributed by atoms with Crippen molar-refractivity contribution in [3.05, 3.63) is 67.5 Å². The van der Waals surface area contributed by atoms with Gasteiger partial charge in [-0.3, -0.25) is 0 Å². The normalized spacial score (nSPS) is 10.2. The van der Waals surface area contributed by atoms with Gasteiger partial charge in [0, 0.05) is 24.8 Å². The fraction of sp³-hybridized carbons (Fsp3) is 0. The lowest BCUT2D eigenvalue weighted by atomic mass is 10.5. The maximum absolute atomic E-state index is 4.08. The summed E-state index contributed by atoms with van der Waals surface area (Å²) in [7, 11) is 0. The third-order valence-electron chi connectivity index (χ3n) is 2.49. The summed E-state index contributed by atoms with van der Waals surface area (Å²) in [5.74, 6) is 0. The molecule has 4 rings (SSSR count). The molecule has 5 nitrogen and oxygen atoms in total. The second-order valence-corrected chi connectivity index (χ2v) is 3.66. The van der Waals surface area contributed by atoms with Crippen LogP contribution >= 0.6 is 0 Å². The van der Waals surface area contributed by atoms with Crippen molar-refractivity contribution in [1.29, 1.82) is 0 Å². The van der Waals surface area contributed by atoms with Gasteiger partial charge in [-0.25, -0.2) is 14.5 Å². The van der Waals surface area contributed by atoms with E-state index in [0.29, 0.717) is 0 Å². The molecule has 88 valence electrons. The van der Waals surface area contributed by atoms with Crippen molar-refractivity contribution in [2.45, 2.75) is 0 Å². The van der Waals surface area contributed by atoms with E-state index in [2.05, 4.69) is 15.1 Å². The number of rotatable bonds is 0. The highest BCUT2D eigenvalue weighted by molar-refractivity contribution is 5.36. The van der Waals surface area contributed by atoms with Crippen molar-refractivity contribution in [3.63, 3.8) is 0 Å². The van der Waals surface area contributed by atoms with Gasteiger partial charge in [-0.1, -0.05) is 12.1 Å². The molecule has 0 radical (unpaired) electrons. The van der Waals surface area contributed by atoms with Crippen LogP contribution in [0.15, 0.2) is 67.5 Å². The van der Waals surface area contributed by atoms with Gasteiger partial charge in [0.25, 0.3) is 0 Å². The molecule has 0 unspecified atom stereocenters. The Morgan fingerprint density at radius 2 is 1.61 bits per heavy atom. The summed E-state index contributed by atoms with van der Waals surface area (Å²) in [6, 6.07) is 11.7. The van der Waals surface area contributed by atoms with Crippen molar-refractivity contribution < 1.29 is 0 Å². The first-order chi connectivity index (χ1) is 8.93. The lowest BCUT2D eigenvalue weighted by Gasteiger charge is -1.86. The first-order valence-electron chi connectivity index (χ1n) is 5.55. The average molecular weight is 237 g/mol. The highest BCUT2D eigenvalue weighted by Gasteiger charge is 1.87. The molecule has 0 saturated heterocycles. The Kier molecular flexibility index (Phi) is 2.71. The first kappa shape index (κ1) is 10.5. The summed E-state index contributed by atoms with van der Waals surface area (Å²) < 4.78 is 3.69. The van der Waals surface area contributed by atoms with Crippen LogP contribution in [0.3, 0.4) is 0 Å². The summed E-state index contributed by atoms with van der Waals surface area (Å²) in [6.45, 7) is 0. The molecule has 0 aromatic carbocycles. The second-order valence-electron chi connectivity index (χ2n) is 3.66. The van der Waals surface area contributed by atoms with Crippen molar-refractivity contribution in [1.82, 2.24) is 24.0 Å². The van der Waals surface area contributed by atoms with Gasteiger partial charge in [0.05, 0.1) is 0 Å². The molecule has 4 heterocycles. The molecule has 0 atom stereocenters. The first-order valence-corrected chi connectivity index (χ1v) is 5.55. The van der Waals surface area contributed by atoms with E-state index in [-0.39, 0.29) is 0 Å². The molecule has 0 amide bonds. The van der Waals surface area contributed by atoms with Gasteiger partial charge in [-0.2, -0.15) is 5.10 Å². The monoisotopic (exact) mass is 237 g/mol. The number of hydrogen-bond donors (Lipinski definition) is 0. The number of pyridine rings is 2. The predicted octanol–water partition coefficient (Wildman–Crippen LogP) is 2.06. The molecule has 0 N–H and O–H groups in total. The molecule has 0 aliphatic rings. The van der Waals surface area contributed by atoms with Gasteiger partial charge in [0.1, 0.15) is 12.0 Å². The molecule has 4 aromatic heterocycles. The lowest BCUT2D eigenvalue weighted by Crippen LogP contribution is -1.82. The van der Waals surface area contributed by atoms with Crippen LogP contribution in [0.2, 0.25) is 0 Å². The Morgan fingerprint density at radius 3 is 2.44 bits per heavy atom. The van der Waals surface area contributed by atoms with E-state index in [1.165, 1.54) is 6.33 Å². The SMILES string of the molecule is c1ccn2ccnc2c1.c1ccn2ncnc2c1. The highest BCUT2D eigenvalue weighted by Crippen LogP contribution is 1.96. The van der Waals surface area contributed by atoms with Crippen LogP contribution in [-0.2, 0) is 0 Å². The van der Waals surface area contributed by atoms with Gasteiger partial charge < -0.3 is 4.40 Å². The maximum Gasteiger partial charge on any atom is 0.155 e. The van der Waals surface area contributed by atoms with Crippen LogP contribution < -0.4 is 0 Å². The van der Waals surface area contributed by atoms with Crippen LogP contribution in [0.4, 0.5) is 0 Å². The van der Waals surface area contributed by atoms with Gasteiger partial charge >= 0.3 is 0 Å². The fourth-order valence-electron chi connectivity index (χ4n) is 1.63. The van der Waals surface area contributed by atoms with Crippen LogP contribution in [-0.4, -0.2) is 24.0 Å². The molecule has 0 bridgehead atoms. The standard InChI is InChI=1S/C7H6N2.C6H5N3/c1-2-5-9-6-4-8-7(9)3-1;1-2-4-9-6(3-1)7-5-8-9/h1-6H;1-5H. The van der Waals surface area contributed by atoms with Gasteiger partial charge in [0.15, 0.2) is 5.65 Å². The van der Waals surface area contributed by atoms with Crippen LogP contribution in [0.1, 0.15) is 0 Å². The van der Waals surface area contributed by atoms with E-state index in [0.717, 1.165) is 11.3 Å². The minimum atomic E-state index is 0.887. The Bertz CT molecular complexity index is 629. The van der Waals surface area contributed by atoms with E-state index in [1.54, 1.807) is 10.7 Å². The molecule has 0 spiro atoms. The van der Waals surface area contributed by atoms with E-state index < -0.39 is 0 Å². The van der Waals surface area contributed by atoms with Crippen molar-refractivity contribution in [2.75, 3.05) is 0 Å². The molecule has 18 heavy (non-hydrogen) atoms. The van der Waals surface area contributed by atoms with Crippen molar-refractivity contribution in [3.8, 4) is 0 Å². The topological polar surface area (TPSA) is 47.5 Å². The number of hydrogen-bond acceptors (Lipinski definition) is 3. The molecule has 0 fully saturated rings. The zero-order chi connectivity index (χ0) is 12.2. The minimum absolute atomic E-state index is 0.887. The number of imidazole rings is 1. The van der Waals surface area contributed by atoms with Crippen molar-refractivity contribution in [2.24, 2.45) is 0 Å². The Morgan fingerprint density at radius 1 is 0.778 bits per heavy atom. The van der Waals surface area contributed by atoms with Gasteiger partial charge in [-0.05, 0) is 24.3 Å². The fourth-order valence-corrected chi connectivity index (χ4v) is 1.63. The lowest BCUT2D eigenvalue weighted by molar-refractivity contribution is 0.961. The van der Waals surface area contributed by atoms with E-state index >= 15 is 0 Å². The number of fused-ring (bicyclic) bond motifs is 2. The third-order valence-corrected chi connectivity index (χ3v) is 2.49. The number of nitrogens with zero attached hydrogens (tertiary/aromatic N) is 5. The molecular weight excluding hydrogens is 226 g/mol. The summed E-state index contributed by atoms with van der Waals surface area (Å²) in [4.78, 5) is 8.05. The van der Waals surface area contributed by atoms with E-state index in [9.17, 15) is 0 Å². The predicted molar refractivity (Wildman–Crippen MR) is 68.2 cm³/mol. The zero-order valence-corrected chi connectivity index (χ0v) is 9.59. The average Bonchev–Trinajstić information content (AvgIpc) is 3.08. The van der Waals surface area contributed by atoms with Gasteiger partial charge in [-0.15, -0.1) is 0 Å². The second kappa shape index (κ2) is 4.67. The summed E-state index contributed by atoms with van der Waals surface area (Å²) in [5, 5.41) is 3.92. The third kappa shape index (κ3) is 2.06. The minimum Gasteiger partial charge on any atom is -0.307 e.